The first-order valence-electron chi connectivity index (χ1n) is 7.12. The molecule has 0 saturated carbocycles. The van der Waals surface area contributed by atoms with E-state index in [1.54, 1.807) is 13.2 Å². The molecule has 1 amide bonds. The molecule has 0 saturated heterocycles. The number of nitrogens with zero attached hydrogens (tertiary/aromatic N) is 1. The summed E-state index contributed by atoms with van der Waals surface area (Å²) in [5, 5.41) is 10.8. The van der Waals surface area contributed by atoms with Crippen LogP contribution in [-0.2, 0) is 0 Å². The zero-order valence-electron chi connectivity index (χ0n) is 12.8. The van der Waals surface area contributed by atoms with Gasteiger partial charge in [-0.2, -0.15) is 5.10 Å². The van der Waals surface area contributed by atoms with E-state index in [4.69, 9.17) is 17.0 Å². The van der Waals surface area contributed by atoms with Gasteiger partial charge in [0.25, 0.3) is 5.91 Å². The van der Waals surface area contributed by atoms with E-state index in [-0.39, 0.29) is 11.0 Å². The number of H-pyrrole nitrogens is 1. The molecule has 0 fully saturated rings. The molecule has 7 nitrogen and oxygen atoms in total. The van der Waals surface area contributed by atoms with E-state index >= 15 is 0 Å². The molecule has 0 aliphatic carbocycles. The Kier molecular flexibility index (Phi) is 4.57. The molecule has 1 aromatic heterocycles. The third-order valence-electron chi connectivity index (χ3n) is 3.30. The van der Waals surface area contributed by atoms with Crippen LogP contribution in [-0.4, -0.2) is 28.3 Å². The number of aromatic nitrogens is 2. The van der Waals surface area contributed by atoms with Gasteiger partial charge < -0.3 is 10.1 Å². The number of carbonyl (C=O) groups is 1. The monoisotopic (exact) mass is 341 g/mol. The Balaban J connectivity index is 1.60. The summed E-state index contributed by atoms with van der Waals surface area (Å²) in [4.78, 5) is 12.2. The largest absolute Gasteiger partial charge is 0.497 e. The van der Waals surface area contributed by atoms with E-state index in [9.17, 15) is 4.79 Å². The minimum absolute atomic E-state index is 0.247. The van der Waals surface area contributed by atoms with Gasteiger partial charge in [0.15, 0.2) is 10.8 Å². The third-order valence-corrected chi connectivity index (χ3v) is 3.51. The Morgan fingerprint density at radius 2 is 2.00 bits per heavy atom. The lowest BCUT2D eigenvalue weighted by molar-refractivity contribution is 0.0940. The van der Waals surface area contributed by atoms with Crippen molar-refractivity contribution < 1.29 is 9.53 Å². The van der Waals surface area contributed by atoms with Crippen LogP contribution in [0.2, 0.25) is 0 Å². The summed E-state index contributed by atoms with van der Waals surface area (Å²) in [5.74, 6) is 0.317. The Labute approximate surface area is 143 Å². The summed E-state index contributed by atoms with van der Waals surface area (Å²) < 4.78 is 5.14. The number of carbonyl (C=O) groups excluding carboxylic acids is 1. The maximum Gasteiger partial charge on any atom is 0.290 e. The summed E-state index contributed by atoms with van der Waals surface area (Å²) in [6.45, 7) is 0. The first-order chi connectivity index (χ1) is 11.7. The number of nitrogens with one attached hydrogen (secondary N) is 4. The van der Waals surface area contributed by atoms with Crippen molar-refractivity contribution in [2.75, 3.05) is 12.4 Å². The SMILES string of the molecule is COc1cccc(NC(=S)NNC(=O)c2n[nH]c3ccccc23)c1. The van der Waals surface area contributed by atoms with Gasteiger partial charge in [-0.1, -0.05) is 24.3 Å². The second kappa shape index (κ2) is 6.97. The molecule has 3 rings (SSSR count). The van der Waals surface area contributed by atoms with E-state index < -0.39 is 0 Å². The molecule has 0 radical (unpaired) electrons. The Hall–Kier alpha value is -3.13. The molecule has 3 aromatic rings. The van der Waals surface area contributed by atoms with Crippen molar-refractivity contribution in [1.29, 1.82) is 0 Å². The maximum atomic E-state index is 12.2. The number of anilines is 1. The molecular weight excluding hydrogens is 326 g/mol. The van der Waals surface area contributed by atoms with Gasteiger partial charge >= 0.3 is 0 Å². The van der Waals surface area contributed by atoms with Crippen molar-refractivity contribution in [3.63, 3.8) is 0 Å². The molecular formula is C16H15N5O2S. The second-order valence-corrected chi connectivity index (χ2v) is 5.29. The predicted molar refractivity (Wildman–Crippen MR) is 95.9 cm³/mol. The molecule has 2 aromatic carbocycles. The van der Waals surface area contributed by atoms with Crippen LogP contribution < -0.4 is 20.9 Å². The normalized spacial score (nSPS) is 10.2. The van der Waals surface area contributed by atoms with Gasteiger partial charge in [-0.25, -0.2) is 0 Å². The maximum absolute atomic E-state index is 12.2. The summed E-state index contributed by atoms with van der Waals surface area (Å²) in [6.07, 6.45) is 0. The number of rotatable bonds is 3. The highest BCUT2D eigenvalue weighted by Crippen LogP contribution is 2.16. The van der Waals surface area contributed by atoms with Gasteiger partial charge in [-0.3, -0.25) is 20.7 Å². The highest BCUT2D eigenvalue weighted by molar-refractivity contribution is 7.80. The number of hydrazine groups is 1. The third kappa shape index (κ3) is 3.44. The summed E-state index contributed by atoms with van der Waals surface area (Å²) in [6, 6.07) is 14.7. The van der Waals surface area contributed by atoms with Gasteiger partial charge in [0.1, 0.15) is 5.75 Å². The van der Waals surface area contributed by atoms with Crippen LogP contribution in [0.15, 0.2) is 48.5 Å². The molecule has 0 bridgehead atoms. The first-order valence-corrected chi connectivity index (χ1v) is 7.52. The zero-order chi connectivity index (χ0) is 16.9. The lowest BCUT2D eigenvalue weighted by Gasteiger charge is -2.11. The quantitative estimate of drug-likeness (QED) is 0.431. The fraction of sp³-hybridized carbons (Fsp3) is 0.0625. The molecule has 0 aliphatic rings. The van der Waals surface area contributed by atoms with E-state index in [0.717, 1.165) is 16.6 Å². The van der Waals surface area contributed by atoms with Crippen LogP contribution in [0, 0.1) is 0 Å². The Morgan fingerprint density at radius 1 is 1.17 bits per heavy atom. The van der Waals surface area contributed by atoms with Gasteiger partial charge in [-0.15, -0.1) is 0 Å². The first kappa shape index (κ1) is 15.8. The van der Waals surface area contributed by atoms with Crippen LogP contribution in [0.5, 0.6) is 5.75 Å². The minimum atomic E-state index is -0.387. The molecule has 122 valence electrons. The van der Waals surface area contributed by atoms with Crippen LogP contribution in [0.4, 0.5) is 5.69 Å². The molecule has 0 spiro atoms. The minimum Gasteiger partial charge on any atom is -0.497 e. The number of ether oxygens (including phenoxy) is 1. The van der Waals surface area contributed by atoms with Crippen LogP contribution in [0.25, 0.3) is 10.9 Å². The number of para-hydroxylation sites is 1. The van der Waals surface area contributed by atoms with Crippen molar-refractivity contribution >= 4 is 39.8 Å². The lowest BCUT2D eigenvalue weighted by Crippen LogP contribution is -2.43. The van der Waals surface area contributed by atoms with Crippen molar-refractivity contribution in [3.05, 3.63) is 54.2 Å². The molecule has 0 aliphatic heterocycles. The van der Waals surface area contributed by atoms with Crippen LogP contribution >= 0.6 is 12.2 Å². The second-order valence-electron chi connectivity index (χ2n) is 4.88. The zero-order valence-corrected chi connectivity index (χ0v) is 13.6. The van der Waals surface area contributed by atoms with Gasteiger partial charge in [0, 0.05) is 17.1 Å². The van der Waals surface area contributed by atoms with Crippen LogP contribution in [0.3, 0.4) is 0 Å². The van der Waals surface area contributed by atoms with Crippen molar-refractivity contribution in [1.82, 2.24) is 21.0 Å². The molecule has 0 unspecified atom stereocenters. The number of amides is 1. The van der Waals surface area contributed by atoms with E-state index in [1.165, 1.54) is 0 Å². The standard InChI is InChI=1S/C16H15N5O2S/c1-23-11-6-4-5-10(9-11)17-16(24)21-20-15(22)14-12-7-2-3-8-13(12)18-19-14/h2-9H,1H3,(H,18,19)(H,20,22)(H2,17,21,24). The number of hydrogen-bond donors (Lipinski definition) is 4. The van der Waals surface area contributed by atoms with E-state index in [2.05, 4.69) is 26.4 Å². The Bertz CT molecular complexity index is 893. The summed E-state index contributed by atoms with van der Waals surface area (Å²) >= 11 is 5.15. The van der Waals surface area contributed by atoms with Crippen molar-refractivity contribution in [2.45, 2.75) is 0 Å². The number of fused-ring (bicyclic) bond motifs is 1. The number of aromatic amines is 1. The highest BCUT2D eigenvalue weighted by Gasteiger charge is 2.13. The molecule has 0 atom stereocenters. The summed E-state index contributed by atoms with van der Waals surface area (Å²) in [5.41, 5.74) is 6.99. The molecule has 8 heteroatoms. The van der Waals surface area contributed by atoms with Gasteiger partial charge in [0.05, 0.1) is 12.6 Å². The van der Waals surface area contributed by atoms with Gasteiger partial charge in [-0.05, 0) is 30.4 Å². The molecule has 1 heterocycles. The van der Waals surface area contributed by atoms with Gasteiger partial charge in [0.2, 0.25) is 0 Å². The van der Waals surface area contributed by atoms with E-state index in [0.29, 0.717) is 11.4 Å². The summed E-state index contributed by atoms with van der Waals surface area (Å²) in [7, 11) is 1.59. The number of methoxy groups -OCH3 is 1. The molecule has 4 N–H and O–H groups in total. The van der Waals surface area contributed by atoms with Crippen LogP contribution in [0.1, 0.15) is 10.5 Å². The fourth-order valence-electron chi connectivity index (χ4n) is 2.17. The molecule has 24 heavy (non-hydrogen) atoms. The highest BCUT2D eigenvalue weighted by atomic mass is 32.1. The number of thiocarbonyl (C=S) groups is 1. The smallest absolute Gasteiger partial charge is 0.290 e. The lowest BCUT2D eigenvalue weighted by atomic mass is 10.2. The average molecular weight is 341 g/mol. The van der Waals surface area contributed by atoms with Crippen molar-refractivity contribution in [3.8, 4) is 5.75 Å². The Morgan fingerprint density at radius 3 is 2.83 bits per heavy atom. The number of hydrogen-bond acceptors (Lipinski definition) is 4. The predicted octanol–water partition coefficient (Wildman–Crippen LogP) is 2.20. The van der Waals surface area contributed by atoms with Crippen molar-refractivity contribution in [2.24, 2.45) is 0 Å². The average Bonchev–Trinajstić information content (AvgIpc) is 3.04. The topological polar surface area (TPSA) is 91.1 Å². The van der Waals surface area contributed by atoms with E-state index in [1.807, 2.05) is 42.5 Å². The fourth-order valence-corrected chi connectivity index (χ4v) is 2.34. The number of benzene rings is 2.